The number of nitrogens with zero attached hydrogens (tertiary/aromatic N) is 2. The van der Waals surface area contributed by atoms with Crippen molar-refractivity contribution in [1.82, 2.24) is 14.5 Å². The molecule has 4 rings (SSSR count). The first kappa shape index (κ1) is 22.8. The maximum atomic E-state index is 13.3. The summed E-state index contributed by atoms with van der Waals surface area (Å²) in [4.78, 5) is 16.9. The third-order valence-corrected chi connectivity index (χ3v) is 7.35. The molecule has 0 aliphatic carbocycles. The van der Waals surface area contributed by atoms with Crippen LogP contribution in [0.5, 0.6) is 0 Å². The van der Waals surface area contributed by atoms with E-state index in [2.05, 4.69) is 53.3 Å². The summed E-state index contributed by atoms with van der Waals surface area (Å²) in [6, 6.07) is 16.5. The Balaban J connectivity index is 1.71. The molecule has 0 radical (unpaired) electrons. The van der Waals surface area contributed by atoms with Gasteiger partial charge < -0.3 is 9.80 Å². The van der Waals surface area contributed by atoms with Gasteiger partial charge in [-0.1, -0.05) is 55.0 Å². The van der Waals surface area contributed by atoms with E-state index < -0.39 is 10.0 Å². The van der Waals surface area contributed by atoms with E-state index in [1.54, 1.807) is 4.90 Å². The third kappa shape index (κ3) is 5.33. The van der Waals surface area contributed by atoms with Crippen LogP contribution in [0.15, 0.2) is 48.5 Å². The summed E-state index contributed by atoms with van der Waals surface area (Å²) in [6.07, 6.45) is 6.56. The molecule has 0 saturated carbocycles. The first-order valence-corrected chi connectivity index (χ1v) is 13.4. The SMILES string of the molecule is CN1CCCCCc2ccccc2-c2cccc(c2)CC2C(NS(C)(=O)=O)CCN2C1=O. The Morgan fingerprint density at radius 1 is 1.00 bits per heavy atom. The number of fused-ring (bicyclic) bond motifs is 5. The molecule has 2 aromatic carbocycles. The van der Waals surface area contributed by atoms with E-state index in [9.17, 15) is 13.2 Å². The van der Waals surface area contributed by atoms with Gasteiger partial charge in [-0.15, -0.1) is 0 Å². The van der Waals surface area contributed by atoms with Crippen LogP contribution in [-0.4, -0.2) is 62.7 Å². The van der Waals surface area contributed by atoms with Gasteiger partial charge in [0.25, 0.3) is 0 Å². The molecule has 2 unspecified atom stereocenters. The lowest BCUT2D eigenvalue weighted by Gasteiger charge is -2.32. The van der Waals surface area contributed by atoms with Gasteiger partial charge in [0.05, 0.1) is 12.3 Å². The lowest BCUT2D eigenvalue weighted by atomic mass is 9.93. The minimum Gasteiger partial charge on any atom is -0.328 e. The van der Waals surface area contributed by atoms with Crippen LogP contribution in [0.2, 0.25) is 0 Å². The standard InChI is InChI=1S/C25H33N3O3S/c1-27-15-7-3-4-10-20-11-5-6-13-22(20)21-12-8-9-19(17-21)18-24-23(26-32(2,30)31)14-16-28(24)25(27)29/h5-6,8-9,11-13,17,23-24,26H,3-4,7,10,14-16,18H2,1-2H3. The topological polar surface area (TPSA) is 69.7 Å². The number of carbonyl (C=O) groups excluding carboxylic acids is 1. The monoisotopic (exact) mass is 455 g/mol. The molecule has 2 atom stereocenters. The van der Waals surface area contributed by atoms with Gasteiger partial charge in [0.2, 0.25) is 10.0 Å². The Bertz CT molecular complexity index is 1070. The van der Waals surface area contributed by atoms with E-state index in [4.69, 9.17) is 0 Å². The number of amides is 2. The first-order chi connectivity index (χ1) is 15.3. The van der Waals surface area contributed by atoms with Crippen molar-refractivity contribution in [3.63, 3.8) is 0 Å². The predicted molar refractivity (Wildman–Crippen MR) is 128 cm³/mol. The van der Waals surface area contributed by atoms with Crippen LogP contribution in [0.25, 0.3) is 11.1 Å². The van der Waals surface area contributed by atoms with Crippen LogP contribution < -0.4 is 4.72 Å². The second-order valence-electron chi connectivity index (χ2n) is 9.12. The predicted octanol–water partition coefficient (Wildman–Crippen LogP) is 3.67. The molecule has 172 valence electrons. The van der Waals surface area contributed by atoms with Crippen LogP contribution in [-0.2, 0) is 22.9 Å². The van der Waals surface area contributed by atoms with Crippen molar-refractivity contribution >= 4 is 16.1 Å². The largest absolute Gasteiger partial charge is 0.328 e. The van der Waals surface area contributed by atoms with Crippen LogP contribution >= 0.6 is 0 Å². The van der Waals surface area contributed by atoms with Crippen LogP contribution in [0, 0.1) is 0 Å². The highest BCUT2D eigenvalue weighted by Gasteiger charge is 2.39. The maximum absolute atomic E-state index is 13.3. The lowest BCUT2D eigenvalue weighted by Crippen LogP contribution is -2.50. The van der Waals surface area contributed by atoms with E-state index >= 15 is 0 Å². The van der Waals surface area contributed by atoms with E-state index in [1.165, 1.54) is 22.9 Å². The number of benzene rings is 2. The number of sulfonamides is 1. The number of hydrogen-bond acceptors (Lipinski definition) is 3. The summed E-state index contributed by atoms with van der Waals surface area (Å²) in [7, 11) is -1.51. The minimum absolute atomic E-state index is 0.0119. The zero-order valence-electron chi connectivity index (χ0n) is 19.0. The van der Waals surface area contributed by atoms with E-state index in [0.29, 0.717) is 25.9 Å². The molecule has 1 fully saturated rings. The quantitative estimate of drug-likeness (QED) is 0.751. The van der Waals surface area contributed by atoms with E-state index in [-0.39, 0.29) is 18.1 Å². The number of nitrogens with one attached hydrogen (secondary N) is 1. The molecule has 32 heavy (non-hydrogen) atoms. The van der Waals surface area contributed by atoms with E-state index in [1.807, 2.05) is 11.9 Å². The highest BCUT2D eigenvalue weighted by atomic mass is 32.2. The number of rotatable bonds is 2. The van der Waals surface area contributed by atoms with Gasteiger partial charge in [0, 0.05) is 26.2 Å². The molecule has 7 heteroatoms. The molecular formula is C25H33N3O3S. The molecule has 0 spiro atoms. The number of urea groups is 1. The average molecular weight is 456 g/mol. The Morgan fingerprint density at radius 3 is 2.62 bits per heavy atom. The van der Waals surface area contributed by atoms with Crippen molar-refractivity contribution in [3.05, 3.63) is 59.7 Å². The number of aryl methyl sites for hydroxylation is 1. The van der Waals surface area contributed by atoms with Gasteiger partial charge >= 0.3 is 6.03 Å². The van der Waals surface area contributed by atoms with Crippen molar-refractivity contribution in [1.29, 1.82) is 0 Å². The van der Waals surface area contributed by atoms with Crippen molar-refractivity contribution in [2.45, 2.75) is 50.6 Å². The second-order valence-corrected chi connectivity index (χ2v) is 10.9. The number of carbonyl (C=O) groups is 1. The smallest absolute Gasteiger partial charge is 0.320 e. The fourth-order valence-corrected chi connectivity index (χ4v) is 5.86. The van der Waals surface area contributed by atoms with Crippen LogP contribution in [0.4, 0.5) is 4.79 Å². The Kier molecular flexibility index (Phi) is 6.86. The third-order valence-electron chi connectivity index (χ3n) is 6.62. The van der Waals surface area contributed by atoms with Crippen LogP contribution in [0.3, 0.4) is 0 Å². The molecule has 6 nitrogen and oxygen atoms in total. The van der Waals surface area contributed by atoms with Crippen molar-refractivity contribution in [2.24, 2.45) is 0 Å². The van der Waals surface area contributed by atoms with Gasteiger partial charge in [0.15, 0.2) is 0 Å². The fourth-order valence-electron chi connectivity index (χ4n) is 5.04. The summed E-state index contributed by atoms with van der Waals surface area (Å²) in [5.41, 5.74) is 4.89. The van der Waals surface area contributed by atoms with Gasteiger partial charge in [0.1, 0.15) is 0 Å². The normalized spacial score (nSPS) is 22.6. The molecular weight excluding hydrogens is 422 g/mol. The summed E-state index contributed by atoms with van der Waals surface area (Å²) < 4.78 is 26.8. The zero-order chi connectivity index (χ0) is 22.7. The van der Waals surface area contributed by atoms with Crippen LogP contribution in [0.1, 0.15) is 36.8 Å². The molecule has 2 heterocycles. The highest BCUT2D eigenvalue weighted by molar-refractivity contribution is 7.88. The Morgan fingerprint density at radius 2 is 1.81 bits per heavy atom. The van der Waals surface area contributed by atoms with Gasteiger partial charge in [-0.2, -0.15) is 0 Å². The summed E-state index contributed by atoms with van der Waals surface area (Å²) in [5.74, 6) is 0. The molecule has 2 amide bonds. The molecule has 1 N–H and O–H groups in total. The van der Waals surface area contributed by atoms with Gasteiger partial charge in [-0.05, 0) is 54.4 Å². The van der Waals surface area contributed by atoms with Gasteiger partial charge in [-0.3, -0.25) is 0 Å². The first-order valence-electron chi connectivity index (χ1n) is 11.5. The lowest BCUT2D eigenvalue weighted by molar-refractivity contribution is 0.154. The Labute approximate surface area is 191 Å². The summed E-state index contributed by atoms with van der Waals surface area (Å²) in [5, 5.41) is 0. The molecule has 2 aliphatic rings. The molecule has 2 aromatic rings. The zero-order valence-corrected chi connectivity index (χ0v) is 19.8. The Hall–Kier alpha value is -2.38. The van der Waals surface area contributed by atoms with Crippen molar-refractivity contribution in [3.8, 4) is 11.1 Å². The minimum atomic E-state index is -3.37. The molecule has 0 aromatic heterocycles. The second kappa shape index (κ2) is 9.63. The van der Waals surface area contributed by atoms with Crippen molar-refractivity contribution in [2.75, 3.05) is 26.4 Å². The highest BCUT2D eigenvalue weighted by Crippen LogP contribution is 2.29. The molecule has 2 aliphatic heterocycles. The maximum Gasteiger partial charge on any atom is 0.320 e. The number of hydrogen-bond donors (Lipinski definition) is 1. The summed E-state index contributed by atoms with van der Waals surface area (Å²) in [6.45, 7) is 1.27. The van der Waals surface area contributed by atoms with Gasteiger partial charge in [-0.25, -0.2) is 17.9 Å². The molecule has 1 saturated heterocycles. The van der Waals surface area contributed by atoms with Crippen molar-refractivity contribution < 1.29 is 13.2 Å². The molecule has 2 bridgehead atoms. The average Bonchev–Trinajstić information content (AvgIpc) is 3.13. The summed E-state index contributed by atoms with van der Waals surface area (Å²) >= 11 is 0. The fraction of sp³-hybridized carbons (Fsp3) is 0.480. The van der Waals surface area contributed by atoms with E-state index in [0.717, 1.165) is 31.2 Å².